The van der Waals surface area contributed by atoms with E-state index in [9.17, 15) is 4.79 Å². The zero-order chi connectivity index (χ0) is 18.6. The Morgan fingerprint density at radius 3 is 2.41 bits per heavy atom. The number of benzene rings is 1. The van der Waals surface area contributed by atoms with Crippen LogP contribution in [0.1, 0.15) is 32.6 Å². The molecule has 2 fully saturated rings. The van der Waals surface area contributed by atoms with E-state index in [0.29, 0.717) is 6.04 Å². The summed E-state index contributed by atoms with van der Waals surface area (Å²) < 4.78 is 0. The lowest BCUT2D eigenvalue weighted by Crippen LogP contribution is -2.48. The number of carbonyl (C=O) groups excluding carboxylic acids is 1. The minimum Gasteiger partial charge on any atom is -0.367 e. The number of carbonyl (C=O) groups is 1. The summed E-state index contributed by atoms with van der Waals surface area (Å²) in [5, 5.41) is 3.62. The molecular weight excluding hydrogens is 338 g/mol. The van der Waals surface area contributed by atoms with E-state index in [4.69, 9.17) is 9.97 Å². The van der Waals surface area contributed by atoms with Gasteiger partial charge in [-0.2, -0.15) is 4.98 Å². The van der Waals surface area contributed by atoms with Gasteiger partial charge in [0.2, 0.25) is 11.9 Å². The zero-order valence-electron chi connectivity index (χ0n) is 15.9. The number of amides is 1. The minimum absolute atomic E-state index is 0.136. The third-order valence-electron chi connectivity index (χ3n) is 5.50. The highest BCUT2D eigenvalue weighted by Crippen LogP contribution is 2.26. The van der Waals surface area contributed by atoms with E-state index in [1.54, 1.807) is 6.92 Å². The molecule has 2 aromatic rings. The first-order valence-corrected chi connectivity index (χ1v) is 9.90. The van der Waals surface area contributed by atoms with Crippen molar-refractivity contribution < 1.29 is 4.79 Å². The fourth-order valence-corrected chi connectivity index (χ4v) is 3.91. The molecular formula is C21H27N5O. The Hall–Kier alpha value is -2.63. The third-order valence-corrected chi connectivity index (χ3v) is 5.50. The van der Waals surface area contributed by atoms with Crippen molar-refractivity contribution in [2.24, 2.45) is 0 Å². The summed E-state index contributed by atoms with van der Waals surface area (Å²) in [4.78, 5) is 25.3. The van der Waals surface area contributed by atoms with Crippen LogP contribution in [0.3, 0.4) is 0 Å². The van der Waals surface area contributed by atoms with Gasteiger partial charge in [-0.25, -0.2) is 4.98 Å². The molecule has 142 valence electrons. The highest BCUT2D eigenvalue weighted by molar-refractivity contribution is 5.73. The monoisotopic (exact) mass is 365 g/mol. The third kappa shape index (κ3) is 4.21. The van der Waals surface area contributed by atoms with Gasteiger partial charge in [-0.05, 0) is 12.8 Å². The quantitative estimate of drug-likeness (QED) is 0.902. The molecule has 27 heavy (non-hydrogen) atoms. The van der Waals surface area contributed by atoms with Crippen LogP contribution >= 0.6 is 0 Å². The van der Waals surface area contributed by atoms with Gasteiger partial charge in [0.25, 0.3) is 0 Å². The second kappa shape index (κ2) is 7.94. The molecule has 6 heteroatoms. The molecule has 2 aliphatic rings. The van der Waals surface area contributed by atoms with Gasteiger partial charge in [-0.1, -0.05) is 43.2 Å². The molecule has 1 N–H and O–H groups in total. The first-order valence-electron chi connectivity index (χ1n) is 9.90. The van der Waals surface area contributed by atoms with Gasteiger partial charge in [0.1, 0.15) is 5.82 Å². The van der Waals surface area contributed by atoms with Gasteiger partial charge in [0.15, 0.2) is 0 Å². The SMILES string of the molecule is CC(=O)N1CCN(c2nc(NC3CCCC3)cc(-c3ccccc3)n2)CC1. The molecule has 2 heterocycles. The van der Waals surface area contributed by atoms with Crippen LogP contribution in [0.4, 0.5) is 11.8 Å². The molecule has 0 atom stereocenters. The maximum atomic E-state index is 11.6. The highest BCUT2D eigenvalue weighted by atomic mass is 16.2. The van der Waals surface area contributed by atoms with E-state index < -0.39 is 0 Å². The summed E-state index contributed by atoms with van der Waals surface area (Å²) in [6, 6.07) is 12.8. The van der Waals surface area contributed by atoms with E-state index in [1.807, 2.05) is 23.1 Å². The lowest BCUT2D eigenvalue weighted by molar-refractivity contribution is -0.129. The van der Waals surface area contributed by atoms with E-state index in [1.165, 1.54) is 25.7 Å². The molecule has 1 amide bonds. The van der Waals surface area contributed by atoms with Crippen LogP contribution < -0.4 is 10.2 Å². The topological polar surface area (TPSA) is 61.4 Å². The lowest BCUT2D eigenvalue weighted by atomic mass is 10.1. The molecule has 0 spiro atoms. The maximum Gasteiger partial charge on any atom is 0.227 e. The summed E-state index contributed by atoms with van der Waals surface area (Å²) in [7, 11) is 0. The van der Waals surface area contributed by atoms with Gasteiger partial charge >= 0.3 is 0 Å². The second-order valence-corrected chi connectivity index (χ2v) is 7.42. The first-order chi connectivity index (χ1) is 13.2. The van der Waals surface area contributed by atoms with Crippen LogP contribution in [0.15, 0.2) is 36.4 Å². The van der Waals surface area contributed by atoms with Crippen molar-refractivity contribution in [3.63, 3.8) is 0 Å². The number of aromatic nitrogens is 2. The van der Waals surface area contributed by atoms with Gasteiger partial charge < -0.3 is 15.1 Å². The Morgan fingerprint density at radius 2 is 1.74 bits per heavy atom. The smallest absolute Gasteiger partial charge is 0.227 e. The Labute approximate surface area is 160 Å². The predicted octanol–water partition coefficient (Wildman–Crippen LogP) is 3.17. The molecule has 0 unspecified atom stereocenters. The average molecular weight is 365 g/mol. The molecule has 1 aromatic carbocycles. The number of nitrogens with one attached hydrogen (secondary N) is 1. The number of nitrogens with zero attached hydrogens (tertiary/aromatic N) is 4. The van der Waals surface area contributed by atoms with Crippen LogP contribution in [-0.2, 0) is 4.79 Å². The van der Waals surface area contributed by atoms with Crippen LogP contribution in [0.2, 0.25) is 0 Å². The van der Waals surface area contributed by atoms with Gasteiger partial charge in [0, 0.05) is 50.8 Å². The standard InChI is InChI=1S/C21H27N5O/c1-16(27)25-11-13-26(14-12-25)21-23-19(17-7-3-2-4-8-17)15-20(24-21)22-18-9-5-6-10-18/h2-4,7-8,15,18H,5-6,9-14H2,1H3,(H,22,23,24). The number of rotatable bonds is 4. The van der Waals surface area contributed by atoms with E-state index in [2.05, 4.69) is 28.4 Å². The number of hydrogen-bond donors (Lipinski definition) is 1. The average Bonchev–Trinajstić information content (AvgIpc) is 3.21. The van der Waals surface area contributed by atoms with Crippen LogP contribution in [0, 0.1) is 0 Å². The van der Waals surface area contributed by atoms with E-state index in [-0.39, 0.29) is 5.91 Å². The number of piperazine rings is 1. The molecule has 1 saturated heterocycles. The second-order valence-electron chi connectivity index (χ2n) is 7.42. The molecule has 0 bridgehead atoms. The maximum absolute atomic E-state index is 11.6. The number of hydrogen-bond acceptors (Lipinski definition) is 5. The normalized spacial score (nSPS) is 18.0. The first kappa shape index (κ1) is 17.8. The summed E-state index contributed by atoms with van der Waals surface area (Å²) in [5.41, 5.74) is 2.04. The Morgan fingerprint density at radius 1 is 1.04 bits per heavy atom. The summed E-state index contributed by atoms with van der Waals surface area (Å²) in [5.74, 6) is 1.79. The molecule has 1 saturated carbocycles. The Bertz CT molecular complexity index is 780. The van der Waals surface area contributed by atoms with Crippen LogP contribution in [-0.4, -0.2) is 53.0 Å². The predicted molar refractivity (Wildman–Crippen MR) is 108 cm³/mol. The molecule has 4 rings (SSSR count). The van der Waals surface area contributed by atoms with Crippen molar-refractivity contribution in [1.29, 1.82) is 0 Å². The molecule has 1 aromatic heterocycles. The van der Waals surface area contributed by atoms with Gasteiger partial charge in [-0.3, -0.25) is 4.79 Å². The van der Waals surface area contributed by atoms with Crippen molar-refractivity contribution >= 4 is 17.7 Å². The molecule has 1 aliphatic carbocycles. The summed E-state index contributed by atoms with van der Waals surface area (Å²) >= 11 is 0. The van der Waals surface area contributed by atoms with Gasteiger partial charge in [0.05, 0.1) is 5.69 Å². The Kier molecular flexibility index (Phi) is 5.23. The van der Waals surface area contributed by atoms with Crippen molar-refractivity contribution in [2.45, 2.75) is 38.6 Å². The lowest BCUT2D eigenvalue weighted by Gasteiger charge is -2.34. The largest absolute Gasteiger partial charge is 0.367 e. The molecule has 1 aliphatic heterocycles. The fraction of sp³-hybridized carbons (Fsp3) is 0.476. The van der Waals surface area contributed by atoms with Crippen molar-refractivity contribution in [3.8, 4) is 11.3 Å². The van der Waals surface area contributed by atoms with Crippen LogP contribution in [0.25, 0.3) is 11.3 Å². The van der Waals surface area contributed by atoms with Gasteiger partial charge in [-0.15, -0.1) is 0 Å². The van der Waals surface area contributed by atoms with Crippen molar-refractivity contribution in [3.05, 3.63) is 36.4 Å². The molecule has 0 radical (unpaired) electrons. The highest BCUT2D eigenvalue weighted by Gasteiger charge is 2.22. The van der Waals surface area contributed by atoms with E-state index >= 15 is 0 Å². The fourth-order valence-electron chi connectivity index (χ4n) is 3.91. The molecule has 6 nitrogen and oxygen atoms in total. The van der Waals surface area contributed by atoms with Crippen molar-refractivity contribution in [1.82, 2.24) is 14.9 Å². The zero-order valence-corrected chi connectivity index (χ0v) is 15.9. The number of anilines is 2. The summed E-state index contributed by atoms with van der Waals surface area (Å²) in [6.45, 7) is 4.60. The Balaban J connectivity index is 1.60. The minimum atomic E-state index is 0.136. The van der Waals surface area contributed by atoms with Crippen molar-refractivity contribution in [2.75, 3.05) is 36.4 Å². The summed E-state index contributed by atoms with van der Waals surface area (Å²) in [6.07, 6.45) is 4.98. The van der Waals surface area contributed by atoms with Crippen LogP contribution in [0.5, 0.6) is 0 Å². The van der Waals surface area contributed by atoms with E-state index in [0.717, 1.165) is 49.2 Å².